The lowest BCUT2D eigenvalue weighted by Gasteiger charge is -2.37. The Labute approximate surface area is 321 Å². The number of aliphatic hydroxyl groups excluding tert-OH is 1. The highest BCUT2D eigenvalue weighted by Gasteiger charge is 2.35. The highest BCUT2D eigenvalue weighted by molar-refractivity contribution is 5.26. The number of benzene rings is 3. The Kier molecular flexibility index (Phi) is 21.5. The largest absolute Gasteiger partial charge is 0.497 e. The molecular formula is C47H68O6. The minimum Gasteiger partial charge on any atom is -0.497 e. The van der Waals surface area contributed by atoms with Crippen LogP contribution < -0.4 is 4.74 Å². The summed E-state index contributed by atoms with van der Waals surface area (Å²) in [5.74, 6) is 0.828. The summed E-state index contributed by atoms with van der Waals surface area (Å²) in [5, 5.41) is 11.5. The molecule has 3 aromatic carbocycles. The molecule has 0 saturated heterocycles. The number of ether oxygens (including phenoxy) is 5. The van der Waals surface area contributed by atoms with Crippen LogP contribution in [0.4, 0.5) is 0 Å². The molecule has 0 fully saturated rings. The fourth-order valence-corrected chi connectivity index (χ4v) is 7.10. The normalized spacial score (nSPS) is 18.5. The quantitative estimate of drug-likeness (QED) is 0.0623. The lowest BCUT2D eigenvalue weighted by molar-refractivity contribution is -0.178. The van der Waals surface area contributed by atoms with E-state index in [0.29, 0.717) is 26.2 Å². The number of hydrogen-bond acceptors (Lipinski definition) is 6. The number of rotatable bonds is 27. The third kappa shape index (κ3) is 17.3. The molecule has 5 atom stereocenters. The predicted octanol–water partition coefficient (Wildman–Crippen LogP) is 11.3. The van der Waals surface area contributed by atoms with E-state index in [-0.39, 0.29) is 24.4 Å². The van der Waals surface area contributed by atoms with Gasteiger partial charge in [-0.05, 0) is 67.3 Å². The van der Waals surface area contributed by atoms with Crippen molar-refractivity contribution in [2.24, 2.45) is 0 Å². The van der Waals surface area contributed by atoms with Gasteiger partial charge in [-0.25, -0.2) is 0 Å². The van der Waals surface area contributed by atoms with Crippen molar-refractivity contribution in [1.29, 1.82) is 0 Å². The zero-order valence-corrected chi connectivity index (χ0v) is 32.8. The van der Waals surface area contributed by atoms with Crippen LogP contribution in [0.3, 0.4) is 0 Å². The van der Waals surface area contributed by atoms with E-state index in [4.69, 9.17) is 23.7 Å². The van der Waals surface area contributed by atoms with Gasteiger partial charge in [0, 0.05) is 6.61 Å². The van der Waals surface area contributed by atoms with Crippen LogP contribution in [-0.2, 0) is 38.8 Å². The van der Waals surface area contributed by atoms with Crippen molar-refractivity contribution in [2.75, 3.05) is 13.7 Å². The van der Waals surface area contributed by atoms with Gasteiger partial charge in [0.2, 0.25) is 0 Å². The van der Waals surface area contributed by atoms with Crippen LogP contribution >= 0.6 is 0 Å². The van der Waals surface area contributed by atoms with E-state index in [9.17, 15) is 5.11 Å². The Morgan fingerprint density at radius 1 is 0.642 bits per heavy atom. The maximum Gasteiger partial charge on any atom is 0.118 e. The number of methoxy groups -OCH3 is 1. The van der Waals surface area contributed by atoms with Crippen molar-refractivity contribution in [3.8, 4) is 5.75 Å². The van der Waals surface area contributed by atoms with Crippen molar-refractivity contribution in [2.45, 2.75) is 160 Å². The van der Waals surface area contributed by atoms with E-state index in [1.54, 1.807) is 7.11 Å². The first kappa shape index (κ1) is 42.7. The summed E-state index contributed by atoms with van der Waals surface area (Å²) >= 11 is 0. The number of aliphatic hydroxyl groups is 1. The van der Waals surface area contributed by atoms with Gasteiger partial charge in [0.15, 0.2) is 0 Å². The summed E-state index contributed by atoms with van der Waals surface area (Å²) in [5.41, 5.74) is 3.43. The molecular weight excluding hydrogens is 661 g/mol. The summed E-state index contributed by atoms with van der Waals surface area (Å²) in [4.78, 5) is 0. The zero-order chi connectivity index (χ0) is 37.2. The highest BCUT2D eigenvalue weighted by Crippen LogP contribution is 2.28. The second kappa shape index (κ2) is 26.7. The minimum absolute atomic E-state index is 0.153. The summed E-state index contributed by atoms with van der Waals surface area (Å²) in [6.45, 7) is 4.61. The van der Waals surface area contributed by atoms with Crippen LogP contribution in [0, 0.1) is 0 Å². The third-order valence-electron chi connectivity index (χ3n) is 10.3. The van der Waals surface area contributed by atoms with Gasteiger partial charge >= 0.3 is 0 Å². The molecule has 292 valence electrons. The fraction of sp³-hybridized carbons (Fsp3) is 0.574. The Hall–Kier alpha value is -3.00. The van der Waals surface area contributed by atoms with Gasteiger partial charge in [0.1, 0.15) is 11.9 Å². The molecule has 0 aromatic heterocycles. The van der Waals surface area contributed by atoms with Crippen LogP contribution in [0.5, 0.6) is 5.75 Å². The maximum atomic E-state index is 11.5. The van der Waals surface area contributed by atoms with Gasteiger partial charge in [0.25, 0.3) is 0 Å². The lowest BCUT2D eigenvalue weighted by Crippen LogP contribution is -2.46. The van der Waals surface area contributed by atoms with Crippen molar-refractivity contribution >= 4 is 0 Å². The SMILES string of the molecule is CCCCCCCCCC[C@@H](OCc1ccccc1)[C@H](OCc1ccc(OC)cc1)[C@@H]1C/C=C\CC[C@H]([C@H](O)CCCCCOCc2ccccc2)O1. The average Bonchev–Trinajstić information content (AvgIpc) is 3.18. The first-order chi connectivity index (χ1) is 26.2. The molecule has 0 amide bonds. The zero-order valence-electron chi connectivity index (χ0n) is 32.8. The van der Waals surface area contributed by atoms with Crippen LogP contribution in [-0.4, -0.2) is 49.3 Å². The average molecular weight is 729 g/mol. The van der Waals surface area contributed by atoms with Crippen LogP contribution in [0.1, 0.15) is 126 Å². The minimum atomic E-state index is -0.534. The molecule has 0 spiro atoms. The van der Waals surface area contributed by atoms with Gasteiger partial charge in [-0.3, -0.25) is 0 Å². The van der Waals surface area contributed by atoms with Crippen LogP contribution in [0.25, 0.3) is 0 Å². The molecule has 0 unspecified atom stereocenters. The van der Waals surface area contributed by atoms with Gasteiger partial charge in [0.05, 0.1) is 51.3 Å². The summed E-state index contributed by atoms with van der Waals surface area (Å²) in [6.07, 6.45) is 20.0. The lowest BCUT2D eigenvalue weighted by atomic mass is 9.95. The van der Waals surface area contributed by atoms with E-state index in [0.717, 1.165) is 74.8 Å². The van der Waals surface area contributed by atoms with Crippen molar-refractivity contribution in [3.63, 3.8) is 0 Å². The Balaban J connectivity index is 1.40. The van der Waals surface area contributed by atoms with Gasteiger partial charge < -0.3 is 28.8 Å². The van der Waals surface area contributed by atoms with Crippen molar-refractivity contribution in [3.05, 3.63) is 114 Å². The second-order valence-corrected chi connectivity index (χ2v) is 14.7. The monoisotopic (exact) mass is 729 g/mol. The second-order valence-electron chi connectivity index (χ2n) is 14.7. The molecule has 6 nitrogen and oxygen atoms in total. The first-order valence-corrected chi connectivity index (χ1v) is 20.7. The van der Waals surface area contributed by atoms with Crippen LogP contribution in [0.2, 0.25) is 0 Å². The van der Waals surface area contributed by atoms with Crippen LogP contribution in [0.15, 0.2) is 97.1 Å². The standard InChI is InChI=1S/C47H68O6/c1-3-4-5-6-7-8-9-19-29-45(51-37-40-25-16-11-17-26-40)47(52-38-41-31-33-42(49-2)34-32-41)46-30-21-12-20-28-44(53-46)43(48)27-18-13-22-35-50-36-39-23-14-10-15-24-39/h10-12,14-17,21,23-26,31-34,43-48H,3-9,13,18-20,22,27-30,35-38H2,1-2H3/b21-12-/t43-,44-,45-,46+,47+/m1/s1. The van der Waals surface area contributed by atoms with Crippen molar-refractivity contribution in [1.82, 2.24) is 0 Å². The smallest absolute Gasteiger partial charge is 0.118 e. The molecule has 0 bridgehead atoms. The first-order valence-electron chi connectivity index (χ1n) is 20.7. The van der Waals surface area contributed by atoms with E-state index in [1.165, 1.54) is 50.5 Å². The molecule has 6 heteroatoms. The summed E-state index contributed by atoms with van der Waals surface area (Å²) in [7, 11) is 1.69. The molecule has 1 aliphatic rings. The molecule has 0 saturated carbocycles. The predicted molar refractivity (Wildman–Crippen MR) is 216 cm³/mol. The molecule has 1 aliphatic heterocycles. The topological polar surface area (TPSA) is 66.4 Å². The van der Waals surface area contributed by atoms with Crippen molar-refractivity contribution < 1.29 is 28.8 Å². The molecule has 3 aromatic rings. The molecule has 1 N–H and O–H groups in total. The Bertz CT molecular complexity index is 1330. The molecule has 53 heavy (non-hydrogen) atoms. The third-order valence-corrected chi connectivity index (χ3v) is 10.3. The highest BCUT2D eigenvalue weighted by atomic mass is 16.6. The molecule has 1 heterocycles. The molecule has 4 rings (SSSR count). The number of hydrogen-bond donors (Lipinski definition) is 1. The van der Waals surface area contributed by atoms with E-state index in [1.807, 2.05) is 36.4 Å². The maximum absolute atomic E-state index is 11.5. The Morgan fingerprint density at radius 2 is 1.25 bits per heavy atom. The van der Waals surface area contributed by atoms with E-state index in [2.05, 4.69) is 67.6 Å². The number of unbranched alkanes of at least 4 members (excludes halogenated alkanes) is 9. The molecule has 0 aliphatic carbocycles. The molecule has 0 radical (unpaired) electrons. The van der Waals surface area contributed by atoms with Gasteiger partial charge in [-0.15, -0.1) is 0 Å². The van der Waals surface area contributed by atoms with E-state index >= 15 is 0 Å². The Morgan fingerprint density at radius 3 is 1.94 bits per heavy atom. The summed E-state index contributed by atoms with van der Waals surface area (Å²) in [6, 6.07) is 28.8. The summed E-state index contributed by atoms with van der Waals surface area (Å²) < 4.78 is 31.9. The van der Waals surface area contributed by atoms with E-state index < -0.39 is 6.10 Å². The fourth-order valence-electron chi connectivity index (χ4n) is 7.10. The van der Waals surface area contributed by atoms with Gasteiger partial charge in [-0.2, -0.15) is 0 Å². The van der Waals surface area contributed by atoms with Gasteiger partial charge in [-0.1, -0.05) is 156 Å². The number of allylic oxidation sites excluding steroid dienone is 1.